The van der Waals surface area contributed by atoms with E-state index in [9.17, 15) is 4.79 Å². The summed E-state index contributed by atoms with van der Waals surface area (Å²) in [6.07, 6.45) is 9.70. The van der Waals surface area contributed by atoms with Crippen LogP contribution < -0.4 is 4.90 Å². The summed E-state index contributed by atoms with van der Waals surface area (Å²) in [4.78, 5) is 24.7. The minimum atomic E-state index is 0.333. The summed E-state index contributed by atoms with van der Waals surface area (Å²) < 4.78 is 0. The molecule has 1 amide bonds. The number of nitrogens with zero attached hydrogens (tertiary/aromatic N) is 4. The van der Waals surface area contributed by atoms with Crippen molar-refractivity contribution in [1.82, 2.24) is 14.9 Å². The van der Waals surface area contributed by atoms with Crippen LogP contribution in [0, 0.1) is 11.8 Å². The number of hydrogen-bond acceptors (Lipinski definition) is 4. The molecule has 1 aromatic heterocycles. The van der Waals surface area contributed by atoms with Crippen LogP contribution in [0.15, 0.2) is 18.6 Å². The highest BCUT2D eigenvalue weighted by Crippen LogP contribution is 2.31. The molecule has 108 valence electrons. The van der Waals surface area contributed by atoms with E-state index in [1.807, 2.05) is 18.1 Å². The van der Waals surface area contributed by atoms with Gasteiger partial charge in [-0.05, 0) is 31.6 Å². The van der Waals surface area contributed by atoms with Crippen molar-refractivity contribution < 1.29 is 4.79 Å². The van der Waals surface area contributed by atoms with Gasteiger partial charge in [-0.25, -0.2) is 4.98 Å². The van der Waals surface area contributed by atoms with Crippen molar-refractivity contribution in [3.8, 4) is 0 Å². The molecule has 5 nitrogen and oxygen atoms in total. The molecule has 1 aromatic rings. The molecule has 0 spiro atoms. The lowest BCUT2D eigenvalue weighted by atomic mass is 9.96. The Morgan fingerprint density at radius 3 is 2.65 bits per heavy atom. The number of amides is 1. The van der Waals surface area contributed by atoms with E-state index in [1.165, 1.54) is 0 Å². The van der Waals surface area contributed by atoms with Crippen molar-refractivity contribution in [2.24, 2.45) is 11.8 Å². The maximum absolute atomic E-state index is 12.0. The molecular weight excluding hydrogens is 252 g/mol. The van der Waals surface area contributed by atoms with Gasteiger partial charge in [0.25, 0.3) is 0 Å². The zero-order valence-electron chi connectivity index (χ0n) is 12.0. The van der Waals surface area contributed by atoms with Gasteiger partial charge in [-0.1, -0.05) is 0 Å². The van der Waals surface area contributed by atoms with E-state index in [2.05, 4.69) is 14.9 Å². The molecule has 2 heterocycles. The Balaban J connectivity index is 1.47. The Bertz CT molecular complexity index is 452. The average molecular weight is 274 g/mol. The largest absolute Gasteiger partial charge is 0.355 e. The quantitative estimate of drug-likeness (QED) is 0.836. The molecule has 0 radical (unpaired) electrons. The predicted molar refractivity (Wildman–Crippen MR) is 77.3 cm³/mol. The highest BCUT2D eigenvalue weighted by Gasteiger charge is 2.33. The minimum Gasteiger partial charge on any atom is -0.355 e. The molecule has 2 aliphatic rings. The first-order chi connectivity index (χ1) is 9.74. The predicted octanol–water partition coefficient (Wildman–Crippen LogP) is 1.56. The highest BCUT2D eigenvalue weighted by molar-refractivity contribution is 5.80. The van der Waals surface area contributed by atoms with Gasteiger partial charge in [0, 0.05) is 45.0 Å². The SMILES string of the molecule is CN(CC1CCN(c2cnccn2)CC1)C(=O)C1CC1. The van der Waals surface area contributed by atoms with Crippen LogP contribution in [-0.4, -0.2) is 47.5 Å². The van der Waals surface area contributed by atoms with E-state index in [-0.39, 0.29) is 0 Å². The monoisotopic (exact) mass is 274 g/mol. The van der Waals surface area contributed by atoms with Gasteiger partial charge in [-0.15, -0.1) is 0 Å². The van der Waals surface area contributed by atoms with Crippen LogP contribution in [0.25, 0.3) is 0 Å². The van der Waals surface area contributed by atoms with Gasteiger partial charge in [0.2, 0.25) is 5.91 Å². The molecule has 0 N–H and O–H groups in total. The molecule has 20 heavy (non-hydrogen) atoms. The fourth-order valence-electron chi connectivity index (χ4n) is 2.92. The van der Waals surface area contributed by atoms with Crippen LogP contribution >= 0.6 is 0 Å². The second-order valence-corrected chi connectivity index (χ2v) is 5.99. The van der Waals surface area contributed by atoms with Gasteiger partial charge < -0.3 is 9.80 Å². The normalized spacial score (nSPS) is 19.9. The number of carbonyl (C=O) groups is 1. The third kappa shape index (κ3) is 3.08. The molecule has 0 atom stereocenters. The smallest absolute Gasteiger partial charge is 0.225 e. The molecular formula is C15H22N4O. The summed E-state index contributed by atoms with van der Waals surface area (Å²) in [5.41, 5.74) is 0. The van der Waals surface area contributed by atoms with Crippen molar-refractivity contribution in [2.45, 2.75) is 25.7 Å². The Morgan fingerprint density at radius 2 is 2.05 bits per heavy atom. The highest BCUT2D eigenvalue weighted by atomic mass is 16.2. The number of anilines is 1. The number of piperidine rings is 1. The number of rotatable bonds is 4. The lowest BCUT2D eigenvalue weighted by molar-refractivity contribution is -0.131. The van der Waals surface area contributed by atoms with Crippen LogP contribution in [0.2, 0.25) is 0 Å². The Hall–Kier alpha value is -1.65. The summed E-state index contributed by atoms with van der Waals surface area (Å²) in [6, 6.07) is 0. The van der Waals surface area contributed by atoms with Crippen molar-refractivity contribution in [3.63, 3.8) is 0 Å². The third-order valence-electron chi connectivity index (χ3n) is 4.32. The van der Waals surface area contributed by atoms with Crippen LogP contribution in [0.5, 0.6) is 0 Å². The third-order valence-corrected chi connectivity index (χ3v) is 4.32. The van der Waals surface area contributed by atoms with Gasteiger partial charge in [-0.2, -0.15) is 0 Å². The lowest BCUT2D eigenvalue weighted by Crippen LogP contribution is -2.40. The van der Waals surface area contributed by atoms with Gasteiger partial charge in [0.05, 0.1) is 6.20 Å². The first-order valence-corrected chi connectivity index (χ1v) is 7.50. The minimum absolute atomic E-state index is 0.333. The molecule has 1 saturated carbocycles. The molecule has 3 rings (SSSR count). The summed E-state index contributed by atoms with van der Waals surface area (Å²) in [7, 11) is 1.95. The van der Waals surface area contributed by atoms with Gasteiger partial charge in [0.15, 0.2) is 0 Å². The second kappa shape index (κ2) is 5.77. The summed E-state index contributed by atoms with van der Waals surface area (Å²) >= 11 is 0. The average Bonchev–Trinajstić information content (AvgIpc) is 3.33. The van der Waals surface area contributed by atoms with Crippen molar-refractivity contribution in [1.29, 1.82) is 0 Å². The van der Waals surface area contributed by atoms with Crippen LogP contribution in [0.4, 0.5) is 5.82 Å². The standard InChI is InChI=1S/C15H22N4O/c1-18(15(20)13-2-3-13)11-12-4-8-19(9-5-12)14-10-16-6-7-17-14/h6-7,10,12-13H,2-5,8-9,11H2,1H3. The zero-order chi connectivity index (χ0) is 13.9. The van der Waals surface area contributed by atoms with E-state index in [0.717, 1.165) is 51.1 Å². The van der Waals surface area contributed by atoms with Crippen LogP contribution in [0.1, 0.15) is 25.7 Å². The van der Waals surface area contributed by atoms with Crippen LogP contribution in [-0.2, 0) is 4.79 Å². The summed E-state index contributed by atoms with van der Waals surface area (Å²) in [5.74, 6) is 2.27. The molecule has 0 unspecified atom stereocenters. The maximum atomic E-state index is 12.0. The number of carbonyl (C=O) groups excluding carboxylic acids is 1. The van der Waals surface area contributed by atoms with E-state index >= 15 is 0 Å². The van der Waals surface area contributed by atoms with E-state index in [4.69, 9.17) is 0 Å². The van der Waals surface area contributed by atoms with E-state index < -0.39 is 0 Å². The topological polar surface area (TPSA) is 49.3 Å². The first-order valence-electron chi connectivity index (χ1n) is 7.50. The van der Waals surface area contributed by atoms with Gasteiger partial charge >= 0.3 is 0 Å². The Labute approximate surface area is 120 Å². The van der Waals surface area contributed by atoms with E-state index in [1.54, 1.807) is 12.4 Å². The van der Waals surface area contributed by atoms with Crippen LogP contribution in [0.3, 0.4) is 0 Å². The number of aromatic nitrogens is 2. The van der Waals surface area contributed by atoms with Crippen molar-refractivity contribution in [3.05, 3.63) is 18.6 Å². The summed E-state index contributed by atoms with van der Waals surface area (Å²) in [5, 5.41) is 0. The van der Waals surface area contributed by atoms with Crippen molar-refractivity contribution >= 4 is 11.7 Å². The van der Waals surface area contributed by atoms with Gasteiger partial charge in [0.1, 0.15) is 5.82 Å². The molecule has 0 aromatic carbocycles. The molecule has 2 fully saturated rings. The van der Waals surface area contributed by atoms with E-state index in [0.29, 0.717) is 17.7 Å². The fraction of sp³-hybridized carbons (Fsp3) is 0.667. The molecule has 1 saturated heterocycles. The number of hydrogen-bond donors (Lipinski definition) is 0. The molecule has 0 bridgehead atoms. The van der Waals surface area contributed by atoms with Crippen molar-refractivity contribution in [2.75, 3.05) is 31.6 Å². The molecule has 5 heteroatoms. The molecule has 1 aliphatic heterocycles. The Morgan fingerprint density at radius 1 is 1.30 bits per heavy atom. The fourth-order valence-corrected chi connectivity index (χ4v) is 2.92. The maximum Gasteiger partial charge on any atom is 0.225 e. The lowest BCUT2D eigenvalue weighted by Gasteiger charge is -2.34. The van der Waals surface area contributed by atoms with Gasteiger partial charge in [-0.3, -0.25) is 9.78 Å². The zero-order valence-corrected chi connectivity index (χ0v) is 12.0. The molecule has 1 aliphatic carbocycles. The summed E-state index contributed by atoms with van der Waals surface area (Å²) in [6.45, 7) is 2.92. The Kier molecular flexibility index (Phi) is 3.85. The second-order valence-electron chi connectivity index (χ2n) is 5.99. The first kappa shape index (κ1) is 13.3.